The van der Waals surface area contributed by atoms with Crippen LogP contribution in [-0.4, -0.2) is 32.0 Å². The Morgan fingerprint density at radius 2 is 2.08 bits per heavy atom. The number of rotatable bonds is 2. The number of nitrogens with zero attached hydrogens (tertiary/aromatic N) is 3. The minimum Gasteiger partial charge on any atom is -0.350 e. The Morgan fingerprint density at radius 3 is 2.88 bits per heavy atom. The maximum Gasteiger partial charge on any atom is 0.271 e. The summed E-state index contributed by atoms with van der Waals surface area (Å²) in [5.74, 6) is 0.593. The number of amides is 1. The SMILES string of the molecule is CC1(C)CNC(=O)c2nc(-c3ccccc3-n3ccnc3)[nH]c2C1. The number of carbonyl (C=O) groups excluding carboxylic acids is 1. The van der Waals surface area contributed by atoms with E-state index < -0.39 is 0 Å². The largest absolute Gasteiger partial charge is 0.350 e. The van der Waals surface area contributed by atoms with Gasteiger partial charge in [0, 0.05) is 30.2 Å². The average molecular weight is 321 g/mol. The second-order valence-electron chi connectivity index (χ2n) is 6.92. The van der Waals surface area contributed by atoms with Gasteiger partial charge < -0.3 is 14.9 Å². The lowest BCUT2D eigenvalue weighted by Gasteiger charge is -2.21. The summed E-state index contributed by atoms with van der Waals surface area (Å²) in [6.45, 7) is 4.93. The fourth-order valence-corrected chi connectivity index (χ4v) is 3.10. The van der Waals surface area contributed by atoms with E-state index in [-0.39, 0.29) is 11.3 Å². The van der Waals surface area contributed by atoms with Crippen LogP contribution < -0.4 is 5.32 Å². The molecule has 4 rings (SSSR count). The Hall–Kier alpha value is -2.89. The molecule has 1 aliphatic heterocycles. The van der Waals surface area contributed by atoms with Gasteiger partial charge in [0.2, 0.25) is 0 Å². The molecule has 3 aromatic rings. The molecule has 6 nitrogen and oxygen atoms in total. The smallest absolute Gasteiger partial charge is 0.271 e. The first-order valence-electron chi connectivity index (χ1n) is 7.98. The number of aromatic nitrogens is 4. The molecular formula is C18H19N5O. The van der Waals surface area contributed by atoms with Crippen molar-refractivity contribution in [1.82, 2.24) is 24.8 Å². The third kappa shape index (κ3) is 2.50. The van der Waals surface area contributed by atoms with Crippen LogP contribution in [0.1, 0.15) is 30.0 Å². The summed E-state index contributed by atoms with van der Waals surface area (Å²) in [7, 11) is 0. The number of hydrogen-bond donors (Lipinski definition) is 2. The Kier molecular flexibility index (Phi) is 3.26. The maximum absolute atomic E-state index is 12.3. The molecule has 1 aliphatic rings. The zero-order valence-electron chi connectivity index (χ0n) is 13.7. The molecular weight excluding hydrogens is 302 g/mol. The van der Waals surface area contributed by atoms with E-state index in [4.69, 9.17) is 0 Å². The van der Waals surface area contributed by atoms with Crippen molar-refractivity contribution in [3.63, 3.8) is 0 Å². The molecule has 0 saturated carbocycles. The van der Waals surface area contributed by atoms with Crippen molar-refractivity contribution in [2.45, 2.75) is 20.3 Å². The number of aromatic amines is 1. The van der Waals surface area contributed by atoms with E-state index in [0.29, 0.717) is 18.1 Å². The fraction of sp³-hybridized carbons (Fsp3) is 0.278. The van der Waals surface area contributed by atoms with Gasteiger partial charge in [-0.15, -0.1) is 0 Å². The van der Waals surface area contributed by atoms with Gasteiger partial charge in [0.15, 0.2) is 0 Å². The summed E-state index contributed by atoms with van der Waals surface area (Å²) in [5, 5.41) is 2.96. The van der Waals surface area contributed by atoms with Gasteiger partial charge >= 0.3 is 0 Å². The lowest BCUT2D eigenvalue weighted by atomic mass is 9.88. The minimum atomic E-state index is -0.113. The van der Waals surface area contributed by atoms with E-state index in [1.165, 1.54) is 0 Å². The number of imidazole rings is 2. The Bertz CT molecular complexity index is 892. The first kappa shape index (κ1) is 14.7. The molecule has 122 valence electrons. The van der Waals surface area contributed by atoms with E-state index in [1.54, 1.807) is 12.5 Å². The third-order valence-corrected chi connectivity index (χ3v) is 4.32. The number of H-pyrrole nitrogens is 1. The molecule has 0 radical (unpaired) electrons. The average Bonchev–Trinajstić information content (AvgIpc) is 3.20. The van der Waals surface area contributed by atoms with Crippen LogP contribution in [0.5, 0.6) is 0 Å². The molecule has 0 aliphatic carbocycles. The van der Waals surface area contributed by atoms with Gasteiger partial charge in [0.05, 0.1) is 12.0 Å². The highest BCUT2D eigenvalue weighted by Crippen LogP contribution is 2.30. The topological polar surface area (TPSA) is 75.6 Å². The highest BCUT2D eigenvalue weighted by Gasteiger charge is 2.30. The van der Waals surface area contributed by atoms with Crippen molar-refractivity contribution in [2.24, 2.45) is 5.41 Å². The van der Waals surface area contributed by atoms with E-state index >= 15 is 0 Å². The lowest BCUT2D eigenvalue weighted by Crippen LogP contribution is -2.32. The third-order valence-electron chi connectivity index (χ3n) is 4.32. The molecule has 0 atom stereocenters. The highest BCUT2D eigenvalue weighted by atomic mass is 16.1. The highest BCUT2D eigenvalue weighted by molar-refractivity contribution is 5.94. The van der Waals surface area contributed by atoms with Gasteiger partial charge in [-0.05, 0) is 24.0 Å². The summed E-state index contributed by atoms with van der Waals surface area (Å²) in [6, 6.07) is 7.95. The molecule has 1 aromatic carbocycles. The van der Waals surface area contributed by atoms with Crippen LogP contribution in [0.25, 0.3) is 17.1 Å². The quantitative estimate of drug-likeness (QED) is 0.762. The van der Waals surface area contributed by atoms with Gasteiger partial charge in [-0.1, -0.05) is 26.0 Å². The number of nitrogens with one attached hydrogen (secondary N) is 2. The molecule has 6 heteroatoms. The number of hydrogen-bond acceptors (Lipinski definition) is 3. The molecule has 0 unspecified atom stereocenters. The Labute approximate surface area is 140 Å². The summed E-state index contributed by atoms with van der Waals surface area (Å²) < 4.78 is 1.94. The monoisotopic (exact) mass is 321 g/mol. The fourth-order valence-electron chi connectivity index (χ4n) is 3.10. The zero-order valence-corrected chi connectivity index (χ0v) is 13.7. The summed E-state index contributed by atoms with van der Waals surface area (Å²) in [6.07, 6.45) is 6.16. The van der Waals surface area contributed by atoms with Crippen LogP contribution in [0.15, 0.2) is 43.0 Å². The molecule has 0 saturated heterocycles. The summed E-state index contributed by atoms with van der Waals surface area (Å²) >= 11 is 0. The predicted octanol–water partition coefficient (Wildman–Crippen LogP) is 2.57. The van der Waals surface area contributed by atoms with Crippen molar-refractivity contribution >= 4 is 5.91 Å². The Morgan fingerprint density at radius 1 is 1.25 bits per heavy atom. The lowest BCUT2D eigenvalue weighted by molar-refractivity contribution is 0.0940. The summed E-state index contributed by atoms with van der Waals surface area (Å²) in [4.78, 5) is 24.4. The second-order valence-corrected chi connectivity index (χ2v) is 6.92. The van der Waals surface area contributed by atoms with Crippen molar-refractivity contribution in [3.8, 4) is 17.1 Å². The molecule has 0 spiro atoms. The zero-order chi connectivity index (χ0) is 16.7. The molecule has 2 N–H and O–H groups in total. The van der Waals surface area contributed by atoms with Gasteiger partial charge in [0.25, 0.3) is 5.91 Å². The van der Waals surface area contributed by atoms with Crippen molar-refractivity contribution in [1.29, 1.82) is 0 Å². The standard InChI is InChI=1S/C18H19N5O/c1-18(2)9-13-15(17(24)20-10-18)22-16(21-13)12-5-3-4-6-14(12)23-8-7-19-11-23/h3-8,11H,9-10H2,1-2H3,(H,20,24)(H,21,22). The van der Waals surface area contributed by atoms with Crippen LogP contribution in [0.2, 0.25) is 0 Å². The van der Waals surface area contributed by atoms with Gasteiger partial charge in [-0.2, -0.15) is 0 Å². The van der Waals surface area contributed by atoms with Crippen molar-refractivity contribution in [3.05, 3.63) is 54.4 Å². The van der Waals surface area contributed by atoms with Crippen LogP contribution in [0, 0.1) is 5.41 Å². The molecule has 2 aromatic heterocycles. The van der Waals surface area contributed by atoms with Gasteiger partial charge in [-0.25, -0.2) is 9.97 Å². The molecule has 0 fully saturated rings. The van der Waals surface area contributed by atoms with Crippen LogP contribution in [0.4, 0.5) is 0 Å². The Balaban J connectivity index is 1.83. The molecule has 3 heterocycles. The molecule has 0 bridgehead atoms. The number of carbonyl (C=O) groups is 1. The molecule has 1 amide bonds. The van der Waals surface area contributed by atoms with Gasteiger partial charge in [-0.3, -0.25) is 4.79 Å². The summed E-state index contributed by atoms with van der Waals surface area (Å²) in [5.41, 5.74) is 3.29. The van der Waals surface area contributed by atoms with Crippen molar-refractivity contribution < 1.29 is 4.79 Å². The van der Waals surface area contributed by atoms with Crippen LogP contribution in [0.3, 0.4) is 0 Å². The van der Waals surface area contributed by atoms with E-state index in [0.717, 1.165) is 23.4 Å². The second kappa shape index (κ2) is 5.33. The minimum absolute atomic E-state index is 0.00538. The van der Waals surface area contributed by atoms with E-state index in [2.05, 4.69) is 34.1 Å². The normalized spacial score (nSPS) is 16.3. The number of para-hydroxylation sites is 1. The predicted molar refractivity (Wildman–Crippen MR) is 91.0 cm³/mol. The van der Waals surface area contributed by atoms with E-state index in [1.807, 2.05) is 35.0 Å². The van der Waals surface area contributed by atoms with Crippen LogP contribution in [-0.2, 0) is 6.42 Å². The van der Waals surface area contributed by atoms with Gasteiger partial charge in [0.1, 0.15) is 11.5 Å². The number of fused-ring (bicyclic) bond motifs is 1. The first-order chi connectivity index (χ1) is 11.5. The van der Waals surface area contributed by atoms with Crippen molar-refractivity contribution in [2.75, 3.05) is 6.54 Å². The number of benzene rings is 1. The maximum atomic E-state index is 12.3. The first-order valence-corrected chi connectivity index (χ1v) is 7.98. The van der Waals surface area contributed by atoms with Crippen LogP contribution >= 0.6 is 0 Å². The molecule has 24 heavy (non-hydrogen) atoms. The van der Waals surface area contributed by atoms with E-state index in [9.17, 15) is 4.79 Å².